The molecule has 0 saturated heterocycles. The van der Waals surface area contributed by atoms with Crippen molar-refractivity contribution in [2.24, 2.45) is 0 Å². The van der Waals surface area contributed by atoms with E-state index in [2.05, 4.69) is 5.32 Å². The molecule has 2 amide bonds. The van der Waals surface area contributed by atoms with E-state index in [4.69, 9.17) is 10.2 Å². The van der Waals surface area contributed by atoms with Crippen molar-refractivity contribution in [1.29, 1.82) is 0 Å². The molecule has 1 fully saturated rings. The van der Waals surface area contributed by atoms with Crippen molar-refractivity contribution in [2.45, 2.75) is 57.5 Å². The molecular weight excluding hydrogens is 248 g/mol. The van der Waals surface area contributed by atoms with E-state index >= 15 is 0 Å². The van der Waals surface area contributed by atoms with Gasteiger partial charge < -0.3 is 20.4 Å². The number of carboxylic acid groups (broad SMARTS) is 1. The Kier molecular flexibility index (Phi) is 6.62. The molecule has 6 nitrogen and oxygen atoms in total. The summed E-state index contributed by atoms with van der Waals surface area (Å²) in [5.41, 5.74) is 0. The van der Waals surface area contributed by atoms with E-state index in [1.165, 1.54) is 0 Å². The summed E-state index contributed by atoms with van der Waals surface area (Å²) in [5, 5.41) is 20.5. The van der Waals surface area contributed by atoms with Crippen molar-refractivity contribution in [3.05, 3.63) is 0 Å². The topological polar surface area (TPSA) is 89.9 Å². The lowest BCUT2D eigenvalue weighted by atomic mass is 9.91. The van der Waals surface area contributed by atoms with Crippen LogP contribution >= 0.6 is 0 Å². The van der Waals surface area contributed by atoms with Crippen LogP contribution in [0.15, 0.2) is 0 Å². The maximum Gasteiger partial charge on any atom is 0.326 e. The third-order valence-corrected chi connectivity index (χ3v) is 3.51. The Labute approximate surface area is 113 Å². The summed E-state index contributed by atoms with van der Waals surface area (Å²) in [7, 11) is 0. The van der Waals surface area contributed by atoms with Gasteiger partial charge in [0.25, 0.3) is 0 Å². The summed E-state index contributed by atoms with van der Waals surface area (Å²) < 4.78 is 0. The van der Waals surface area contributed by atoms with E-state index in [1.807, 2.05) is 6.92 Å². The number of amides is 2. The first-order valence-electron chi connectivity index (χ1n) is 7.01. The van der Waals surface area contributed by atoms with E-state index in [1.54, 1.807) is 4.90 Å². The maximum absolute atomic E-state index is 12.1. The maximum atomic E-state index is 12.1. The number of aliphatic carboxylic acids is 1. The molecule has 0 unspecified atom stereocenters. The molecule has 1 saturated carbocycles. The Morgan fingerprint density at radius 1 is 1.42 bits per heavy atom. The molecule has 6 heteroatoms. The fraction of sp³-hybridized carbons (Fsp3) is 0.846. The molecule has 0 aromatic carbocycles. The van der Waals surface area contributed by atoms with Gasteiger partial charge in [0.2, 0.25) is 0 Å². The zero-order valence-electron chi connectivity index (χ0n) is 11.5. The smallest absolute Gasteiger partial charge is 0.326 e. The van der Waals surface area contributed by atoms with E-state index in [9.17, 15) is 9.59 Å². The molecule has 1 aliphatic carbocycles. The molecule has 110 valence electrons. The van der Waals surface area contributed by atoms with Crippen LogP contribution in [0.2, 0.25) is 0 Å². The summed E-state index contributed by atoms with van der Waals surface area (Å²) >= 11 is 0. The van der Waals surface area contributed by atoms with Gasteiger partial charge in [0.15, 0.2) is 0 Å². The summed E-state index contributed by atoms with van der Waals surface area (Å²) in [6, 6.07) is -0.948. The highest BCUT2D eigenvalue weighted by atomic mass is 16.4. The SMILES string of the molecule is CCC[C@H](NC(=O)N(CCCO)C1CCC1)C(=O)O. The van der Waals surface area contributed by atoms with E-state index < -0.39 is 12.0 Å². The first-order valence-corrected chi connectivity index (χ1v) is 7.01. The van der Waals surface area contributed by atoms with Crippen LogP contribution in [0.3, 0.4) is 0 Å². The predicted octanol–water partition coefficient (Wildman–Crippen LogP) is 1.19. The molecule has 0 aliphatic heterocycles. The van der Waals surface area contributed by atoms with Crippen molar-refractivity contribution in [3.8, 4) is 0 Å². The van der Waals surface area contributed by atoms with Crippen LogP contribution in [0, 0.1) is 0 Å². The number of carboxylic acids is 1. The van der Waals surface area contributed by atoms with Crippen LogP contribution in [-0.2, 0) is 4.79 Å². The summed E-state index contributed by atoms with van der Waals surface area (Å²) in [5.74, 6) is -0.995. The Morgan fingerprint density at radius 3 is 2.53 bits per heavy atom. The van der Waals surface area contributed by atoms with Crippen LogP contribution in [0.25, 0.3) is 0 Å². The number of nitrogens with one attached hydrogen (secondary N) is 1. The molecule has 1 atom stereocenters. The molecule has 0 bridgehead atoms. The molecular formula is C13H24N2O4. The van der Waals surface area contributed by atoms with Crippen molar-refractivity contribution in [1.82, 2.24) is 10.2 Å². The predicted molar refractivity (Wildman–Crippen MR) is 70.9 cm³/mol. The van der Waals surface area contributed by atoms with Gasteiger partial charge in [-0.2, -0.15) is 0 Å². The Morgan fingerprint density at radius 2 is 2.11 bits per heavy atom. The zero-order chi connectivity index (χ0) is 14.3. The minimum absolute atomic E-state index is 0.0355. The summed E-state index contributed by atoms with van der Waals surface area (Å²) in [4.78, 5) is 24.9. The van der Waals surface area contributed by atoms with Gasteiger partial charge in [-0.25, -0.2) is 9.59 Å². The average molecular weight is 272 g/mol. The fourth-order valence-electron chi connectivity index (χ4n) is 2.17. The van der Waals surface area contributed by atoms with Crippen LogP contribution in [0.5, 0.6) is 0 Å². The van der Waals surface area contributed by atoms with Gasteiger partial charge in [-0.1, -0.05) is 13.3 Å². The standard InChI is InChI=1S/C13H24N2O4/c1-2-5-11(12(17)18)14-13(19)15(8-4-9-16)10-6-3-7-10/h10-11,16H,2-9H2,1H3,(H,14,19)(H,17,18)/t11-/m0/s1. The molecule has 0 aromatic rings. The second kappa shape index (κ2) is 7.99. The van der Waals surface area contributed by atoms with Gasteiger partial charge in [0.1, 0.15) is 6.04 Å². The number of urea groups is 1. The first-order chi connectivity index (χ1) is 9.10. The van der Waals surface area contributed by atoms with E-state index in [0.717, 1.165) is 19.3 Å². The molecule has 0 aromatic heterocycles. The first kappa shape index (κ1) is 15.8. The highest BCUT2D eigenvalue weighted by Gasteiger charge is 2.30. The second-order valence-corrected chi connectivity index (χ2v) is 4.98. The van der Waals surface area contributed by atoms with Crippen molar-refractivity contribution < 1.29 is 19.8 Å². The second-order valence-electron chi connectivity index (χ2n) is 4.98. The minimum atomic E-state index is -0.995. The molecule has 0 radical (unpaired) electrons. The molecule has 3 N–H and O–H groups in total. The van der Waals surface area contributed by atoms with Crippen LogP contribution in [0.1, 0.15) is 45.4 Å². The number of hydrogen-bond donors (Lipinski definition) is 3. The quantitative estimate of drug-likeness (QED) is 0.619. The number of carbonyl (C=O) groups is 2. The van der Waals surface area contributed by atoms with E-state index in [0.29, 0.717) is 25.8 Å². The third kappa shape index (κ3) is 4.70. The summed E-state index contributed by atoms with van der Waals surface area (Å²) in [6.07, 6.45) is 4.69. The van der Waals surface area contributed by atoms with Gasteiger partial charge in [-0.15, -0.1) is 0 Å². The highest BCUT2D eigenvalue weighted by molar-refractivity contribution is 5.82. The zero-order valence-corrected chi connectivity index (χ0v) is 11.5. The third-order valence-electron chi connectivity index (χ3n) is 3.51. The number of carbonyl (C=O) groups excluding carboxylic acids is 1. The lowest BCUT2D eigenvalue weighted by Crippen LogP contribution is -2.53. The molecule has 19 heavy (non-hydrogen) atoms. The molecule has 1 rings (SSSR count). The Balaban J connectivity index is 2.56. The van der Waals surface area contributed by atoms with Crippen LogP contribution < -0.4 is 5.32 Å². The van der Waals surface area contributed by atoms with E-state index in [-0.39, 0.29) is 18.7 Å². The number of aliphatic hydroxyl groups excluding tert-OH is 1. The largest absolute Gasteiger partial charge is 0.480 e. The monoisotopic (exact) mass is 272 g/mol. The van der Waals surface area contributed by atoms with Crippen molar-refractivity contribution in [3.63, 3.8) is 0 Å². The normalized spacial score (nSPS) is 16.5. The lowest BCUT2D eigenvalue weighted by molar-refractivity contribution is -0.139. The Hall–Kier alpha value is -1.30. The molecule has 0 spiro atoms. The number of rotatable bonds is 8. The van der Waals surface area contributed by atoms with Crippen molar-refractivity contribution in [2.75, 3.05) is 13.2 Å². The minimum Gasteiger partial charge on any atom is -0.480 e. The molecule has 1 aliphatic rings. The van der Waals surface area contributed by atoms with Gasteiger partial charge in [-0.3, -0.25) is 0 Å². The van der Waals surface area contributed by atoms with Gasteiger partial charge >= 0.3 is 12.0 Å². The number of nitrogens with zero attached hydrogens (tertiary/aromatic N) is 1. The highest BCUT2D eigenvalue weighted by Crippen LogP contribution is 2.25. The van der Waals surface area contributed by atoms with Crippen LogP contribution in [-0.4, -0.2) is 52.3 Å². The van der Waals surface area contributed by atoms with Gasteiger partial charge in [-0.05, 0) is 32.1 Å². The number of aliphatic hydroxyl groups is 1. The molecule has 0 heterocycles. The van der Waals surface area contributed by atoms with Crippen molar-refractivity contribution >= 4 is 12.0 Å². The fourth-order valence-corrected chi connectivity index (χ4v) is 2.17. The average Bonchev–Trinajstić information content (AvgIpc) is 2.31. The Bertz CT molecular complexity index is 305. The summed E-state index contributed by atoms with van der Waals surface area (Å²) in [6.45, 7) is 2.40. The number of hydrogen-bond acceptors (Lipinski definition) is 3. The van der Waals surface area contributed by atoms with Gasteiger partial charge in [0.05, 0.1) is 0 Å². The van der Waals surface area contributed by atoms with Crippen LogP contribution in [0.4, 0.5) is 4.79 Å². The lowest BCUT2D eigenvalue weighted by Gasteiger charge is -2.38. The van der Waals surface area contributed by atoms with Gasteiger partial charge in [0, 0.05) is 19.2 Å².